The molecule has 0 radical (unpaired) electrons. The molecule has 1 aromatic carbocycles. The second kappa shape index (κ2) is 6.57. The molecule has 1 heterocycles. The molecule has 1 N–H and O–H groups in total. The summed E-state index contributed by atoms with van der Waals surface area (Å²) in [5, 5.41) is 10.7. The largest absolute Gasteiger partial charge is 0.506 e. The van der Waals surface area contributed by atoms with Gasteiger partial charge in [0.15, 0.2) is 6.29 Å². The van der Waals surface area contributed by atoms with Gasteiger partial charge < -0.3 is 9.67 Å². The number of aromatic nitrogens is 1. The van der Waals surface area contributed by atoms with Crippen LogP contribution in [0.1, 0.15) is 48.5 Å². The molecule has 4 heteroatoms. The normalized spacial score (nSPS) is 11.0. The third kappa shape index (κ3) is 2.99. The summed E-state index contributed by atoms with van der Waals surface area (Å²) in [6.07, 6.45) is 4.64. The summed E-state index contributed by atoms with van der Waals surface area (Å²) in [6.45, 7) is 4.62. The summed E-state index contributed by atoms with van der Waals surface area (Å²) in [7, 11) is 0. The SMILES string of the molecule is CCCCCCn1c(=O)c(C=O)c(O)c2cc(C)ccc21. The molecule has 0 aliphatic carbocycles. The van der Waals surface area contributed by atoms with Crippen LogP contribution in [0.4, 0.5) is 0 Å². The molecule has 0 bridgehead atoms. The van der Waals surface area contributed by atoms with Crippen molar-refractivity contribution in [3.8, 4) is 5.75 Å². The molecule has 0 spiro atoms. The van der Waals surface area contributed by atoms with E-state index in [1.165, 1.54) is 0 Å². The number of nitrogens with zero attached hydrogens (tertiary/aromatic N) is 1. The number of benzene rings is 1. The van der Waals surface area contributed by atoms with Gasteiger partial charge in [-0.1, -0.05) is 37.8 Å². The van der Waals surface area contributed by atoms with Crippen LogP contribution in [0.2, 0.25) is 0 Å². The van der Waals surface area contributed by atoms with Crippen LogP contribution >= 0.6 is 0 Å². The summed E-state index contributed by atoms with van der Waals surface area (Å²) in [5.74, 6) is -0.210. The van der Waals surface area contributed by atoms with Gasteiger partial charge in [0.1, 0.15) is 11.3 Å². The van der Waals surface area contributed by atoms with Gasteiger partial charge >= 0.3 is 0 Å². The van der Waals surface area contributed by atoms with Gasteiger partial charge in [0.05, 0.1) is 5.52 Å². The van der Waals surface area contributed by atoms with Crippen molar-refractivity contribution in [1.82, 2.24) is 4.57 Å². The molecule has 0 saturated carbocycles. The first-order chi connectivity index (χ1) is 10.1. The lowest BCUT2D eigenvalue weighted by molar-refractivity contribution is 0.111. The Morgan fingerprint density at radius 3 is 2.67 bits per heavy atom. The molecule has 2 rings (SSSR count). The van der Waals surface area contributed by atoms with Crippen molar-refractivity contribution >= 4 is 17.2 Å². The number of carbonyl (C=O) groups is 1. The summed E-state index contributed by atoms with van der Waals surface area (Å²) in [5.41, 5.74) is 1.11. The van der Waals surface area contributed by atoms with Crippen molar-refractivity contribution in [3.05, 3.63) is 39.7 Å². The topological polar surface area (TPSA) is 59.3 Å². The number of carbonyl (C=O) groups excluding carboxylic acids is 1. The van der Waals surface area contributed by atoms with Gasteiger partial charge in [-0.2, -0.15) is 0 Å². The van der Waals surface area contributed by atoms with Crippen LogP contribution in [0, 0.1) is 6.92 Å². The van der Waals surface area contributed by atoms with Crippen molar-refractivity contribution < 1.29 is 9.90 Å². The standard InChI is InChI=1S/C17H21NO3/c1-3-4-5-6-9-18-15-8-7-12(2)10-13(15)16(20)14(11-19)17(18)21/h7-8,10-11,20H,3-6,9H2,1-2H3. The Morgan fingerprint density at radius 2 is 2.00 bits per heavy atom. The number of rotatable bonds is 6. The molecule has 0 unspecified atom stereocenters. The van der Waals surface area contributed by atoms with E-state index in [0.717, 1.165) is 31.2 Å². The molecule has 21 heavy (non-hydrogen) atoms. The summed E-state index contributed by atoms with van der Waals surface area (Å²) < 4.78 is 1.61. The van der Waals surface area contributed by atoms with Crippen molar-refractivity contribution in [3.63, 3.8) is 0 Å². The first-order valence-electron chi connectivity index (χ1n) is 7.41. The summed E-state index contributed by atoms with van der Waals surface area (Å²) in [6, 6.07) is 5.55. The Labute approximate surface area is 124 Å². The molecule has 0 aliphatic heterocycles. The zero-order chi connectivity index (χ0) is 15.4. The second-order valence-electron chi connectivity index (χ2n) is 5.42. The highest BCUT2D eigenvalue weighted by molar-refractivity contribution is 5.93. The van der Waals surface area contributed by atoms with Gasteiger partial charge in [0.2, 0.25) is 0 Å². The minimum atomic E-state index is -0.407. The fourth-order valence-corrected chi connectivity index (χ4v) is 2.60. The van der Waals surface area contributed by atoms with Crippen LogP contribution in [0.25, 0.3) is 10.9 Å². The zero-order valence-electron chi connectivity index (χ0n) is 12.6. The minimum Gasteiger partial charge on any atom is -0.506 e. The molecule has 0 amide bonds. The highest BCUT2D eigenvalue weighted by atomic mass is 16.3. The molecular formula is C17H21NO3. The van der Waals surface area contributed by atoms with Gasteiger partial charge in [-0.25, -0.2) is 0 Å². The van der Waals surface area contributed by atoms with Crippen LogP contribution in [0.5, 0.6) is 5.75 Å². The summed E-state index contributed by atoms with van der Waals surface area (Å²) in [4.78, 5) is 23.5. The summed E-state index contributed by atoms with van der Waals surface area (Å²) >= 11 is 0. The van der Waals surface area contributed by atoms with Gasteiger partial charge in [-0.3, -0.25) is 9.59 Å². The molecule has 4 nitrogen and oxygen atoms in total. The number of unbranched alkanes of at least 4 members (excludes halogenated alkanes) is 3. The van der Waals surface area contributed by atoms with Crippen molar-refractivity contribution in [2.45, 2.75) is 46.1 Å². The van der Waals surface area contributed by atoms with Crippen molar-refractivity contribution in [1.29, 1.82) is 0 Å². The fraction of sp³-hybridized carbons (Fsp3) is 0.412. The average molecular weight is 287 g/mol. The Hall–Kier alpha value is -2.10. The average Bonchev–Trinajstić information content (AvgIpc) is 2.47. The minimum absolute atomic E-state index is 0.149. The van der Waals surface area contributed by atoms with Crippen LogP contribution in [-0.4, -0.2) is 16.0 Å². The van der Waals surface area contributed by atoms with Crippen LogP contribution in [0.3, 0.4) is 0 Å². The van der Waals surface area contributed by atoms with Crippen LogP contribution < -0.4 is 5.56 Å². The van der Waals surface area contributed by atoms with Gasteiger partial charge in [0, 0.05) is 11.9 Å². The number of aromatic hydroxyl groups is 1. The van der Waals surface area contributed by atoms with E-state index in [0.29, 0.717) is 23.7 Å². The van der Waals surface area contributed by atoms with E-state index >= 15 is 0 Å². The van der Waals surface area contributed by atoms with E-state index < -0.39 is 5.56 Å². The van der Waals surface area contributed by atoms with E-state index in [2.05, 4.69) is 6.92 Å². The first-order valence-corrected chi connectivity index (χ1v) is 7.41. The van der Waals surface area contributed by atoms with Gasteiger partial charge in [-0.15, -0.1) is 0 Å². The van der Waals surface area contributed by atoms with E-state index in [1.54, 1.807) is 10.6 Å². The molecule has 0 atom stereocenters. The lowest BCUT2D eigenvalue weighted by Gasteiger charge is -2.13. The lowest BCUT2D eigenvalue weighted by Crippen LogP contribution is -2.24. The number of aryl methyl sites for hydroxylation is 2. The highest BCUT2D eigenvalue weighted by Gasteiger charge is 2.15. The molecule has 1 aromatic heterocycles. The maximum Gasteiger partial charge on any atom is 0.265 e. The lowest BCUT2D eigenvalue weighted by atomic mass is 10.1. The van der Waals surface area contributed by atoms with E-state index in [9.17, 15) is 14.7 Å². The maximum absolute atomic E-state index is 12.4. The Balaban J connectivity index is 2.56. The van der Waals surface area contributed by atoms with Crippen LogP contribution in [-0.2, 0) is 6.54 Å². The Kier molecular flexibility index (Phi) is 4.78. The highest BCUT2D eigenvalue weighted by Crippen LogP contribution is 2.26. The van der Waals surface area contributed by atoms with Crippen molar-refractivity contribution in [2.75, 3.05) is 0 Å². The third-order valence-electron chi connectivity index (χ3n) is 3.78. The van der Waals surface area contributed by atoms with E-state index in [4.69, 9.17) is 0 Å². The number of aldehydes is 1. The zero-order valence-corrected chi connectivity index (χ0v) is 12.6. The molecule has 112 valence electrons. The van der Waals surface area contributed by atoms with Crippen molar-refractivity contribution in [2.24, 2.45) is 0 Å². The number of hydrogen-bond acceptors (Lipinski definition) is 3. The number of hydrogen-bond donors (Lipinski definition) is 1. The predicted molar refractivity (Wildman–Crippen MR) is 84.1 cm³/mol. The molecule has 2 aromatic rings. The molecule has 0 fully saturated rings. The second-order valence-corrected chi connectivity index (χ2v) is 5.42. The number of fused-ring (bicyclic) bond motifs is 1. The quantitative estimate of drug-likeness (QED) is 0.654. The van der Waals surface area contributed by atoms with E-state index in [1.807, 2.05) is 19.1 Å². The Bertz CT molecular complexity index is 716. The first kappa shape index (κ1) is 15.3. The van der Waals surface area contributed by atoms with E-state index in [-0.39, 0.29) is 11.3 Å². The smallest absolute Gasteiger partial charge is 0.265 e. The maximum atomic E-state index is 12.4. The number of pyridine rings is 1. The molecule has 0 aliphatic rings. The van der Waals surface area contributed by atoms with Gasteiger partial charge in [0.25, 0.3) is 5.56 Å². The molecular weight excluding hydrogens is 266 g/mol. The third-order valence-corrected chi connectivity index (χ3v) is 3.78. The fourth-order valence-electron chi connectivity index (χ4n) is 2.60. The predicted octanol–water partition coefficient (Wildman–Crippen LogP) is 3.41. The van der Waals surface area contributed by atoms with Gasteiger partial charge in [-0.05, 0) is 25.5 Å². The Morgan fingerprint density at radius 1 is 1.24 bits per heavy atom. The molecule has 0 saturated heterocycles. The monoisotopic (exact) mass is 287 g/mol. The van der Waals surface area contributed by atoms with Crippen LogP contribution in [0.15, 0.2) is 23.0 Å².